The van der Waals surface area contributed by atoms with Crippen molar-refractivity contribution in [1.82, 2.24) is 24.9 Å². The molecule has 0 amide bonds. The average Bonchev–Trinajstić information content (AvgIpc) is 2.79. The van der Waals surface area contributed by atoms with E-state index in [2.05, 4.69) is 24.9 Å². The highest BCUT2D eigenvalue weighted by Gasteiger charge is 1.91. The second kappa shape index (κ2) is 4.83. The molecule has 0 bridgehead atoms. The van der Waals surface area contributed by atoms with Gasteiger partial charge in [-0.05, 0) is 6.07 Å². The Bertz CT molecular complexity index is 568. The van der Waals surface area contributed by atoms with Crippen LogP contribution in [0.15, 0.2) is 48.0 Å². The summed E-state index contributed by atoms with van der Waals surface area (Å²) in [7, 11) is 0. The van der Waals surface area contributed by atoms with Gasteiger partial charge in [0.15, 0.2) is 5.65 Å². The third-order valence-electron chi connectivity index (χ3n) is 1.78. The molecule has 2 N–H and O–H groups in total. The van der Waals surface area contributed by atoms with E-state index in [0.29, 0.717) is 5.65 Å². The molecular weight excluding hydrogens is 206 g/mol. The van der Waals surface area contributed by atoms with Gasteiger partial charge in [-0.25, -0.2) is 15.0 Å². The first-order valence-corrected chi connectivity index (χ1v) is 4.59. The Morgan fingerprint density at radius 1 is 1.12 bits per heavy atom. The molecule has 0 saturated carbocycles. The van der Waals surface area contributed by atoms with Crippen molar-refractivity contribution in [3.63, 3.8) is 0 Å². The topological polar surface area (TPSA) is 87.3 Å². The summed E-state index contributed by atoms with van der Waals surface area (Å²) in [5, 5.41) is 0. The molecule has 0 unspecified atom stereocenters. The second-order valence-corrected chi connectivity index (χ2v) is 2.89. The summed E-state index contributed by atoms with van der Waals surface area (Å²) in [5.41, 5.74) is 1.53. The number of imidazole rings is 1. The van der Waals surface area contributed by atoms with Crippen LogP contribution >= 0.6 is 0 Å². The highest BCUT2D eigenvalue weighted by molar-refractivity contribution is 5.67. The average molecular weight is 215 g/mol. The van der Waals surface area contributed by atoms with Crippen LogP contribution in [0.5, 0.6) is 0 Å². The lowest BCUT2D eigenvalue weighted by atomic mass is 10.5. The fourth-order valence-electron chi connectivity index (χ4n) is 1.07. The van der Waals surface area contributed by atoms with Crippen LogP contribution in [0.25, 0.3) is 11.2 Å². The van der Waals surface area contributed by atoms with E-state index in [4.69, 9.17) is 0 Å². The van der Waals surface area contributed by atoms with Crippen LogP contribution in [-0.4, -0.2) is 24.9 Å². The van der Waals surface area contributed by atoms with E-state index in [9.17, 15) is 4.79 Å². The van der Waals surface area contributed by atoms with Crippen molar-refractivity contribution < 1.29 is 0 Å². The van der Waals surface area contributed by atoms with Gasteiger partial charge in [-0.15, -0.1) is 0 Å². The van der Waals surface area contributed by atoms with E-state index in [-0.39, 0.29) is 5.56 Å². The molecule has 6 heteroatoms. The van der Waals surface area contributed by atoms with Crippen LogP contribution in [0.4, 0.5) is 0 Å². The molecule has 0 aliphatic rings. The van der Waals surface area contributed by atoms with Crippen LogP contribution in [0.2, 0.25) is 0 Å². The largest absolute Gasteiger partial charge is 0.342 e. The van der Waals surface area contributed by atoms with E-state index >= 15 is 0 Å². The third-order valence-corrected chi connectivity index (χ3v) is 1.78. The zero-order valence-corrected chi connectivity index (χ0v) is 8.29. The normalized spacial score (nSPS) is 9.50. The quantitative estimate of drug-likeness (QED) is 0.578. The van der Waals surface area contributed by atoms with Crippen molar-refractivity contribution in [2.24, 2.45) is 0 Å². The maximum Gasteiger partial charge on any atom is 0.247 e. The molecule has 3 heterocycles. The highest BCUT2D eigenvalue weighted by atomic mass is 16.1. The fraction of sp³-hybridized carbons (Fsp3) is 0. The molecular formula is C10H9N5O. The van der Waals surface area contributed by atoms with Crippen LogP contribution in [0.1, 0.15) is 0 Å². The lowest BCUT2D eigenvalue weighted by Gasteiger charge is -1.80. The molecule has 6 nitrogen and oxygen atoms in total. The molecule has 0 atom stereocenters. The van der Waals surface area contributed by atoms with E-state index in [1.165, 1.54) is 12.4 Å². The second-order valence-electron chi connectivity index (χ2n) is 2.89. The van der Waals surface area contributed by atoms with Gasteiger partial charge in [-0.3, -0.25) is 4.79 Å². The van der Waals surface area contributed by atoms with Crippen molar-refractivity contribution in [3.05, 3.63) is 53.6 Å². The highest BCUT2D eigenvalue weighted by Crippen LogP contribution is 1.99. The summed E-state index contributed by atoms with van der Waals surface area (Å²) in [6, 6.07) is 4.93. The van der Waals surface area contributed by atoms with Gasteiger partial charge in [0.25, 0.3) is 0 Å². The fourth-order valence-corrected chi connectivity index (χ4v) is 1.07. The summed E-state index contributed by atoms with van der Waals surface area (Å²) in [6.07, 6.45) is 6.36. The number of aromatic nitrogens is 5. The molecule has 0 fully saturated rings. The number of aromatic amines is 2. The van der Waals surface area contributed by atoms with E-state index in [0.717, 1.165) is 5.52 Å². The zero-order chi connectivity index (χ0) is 11.2. The van der Waals surface area contributed by atoms with Gasteiger partial charge in [0, 0.05) is 12.3 Å². The van der Waals surface area contributed by atoms with Gasteiger partial charge >= 0.3 is 0 Å². The predicted molar refractivity (Wildman–Crippen MR) is 58.7 cm³/mol. The Morgan fingerprint density at radius 2 is 2.06 bits per heavy atom. The minimum atomic E-state index is -0.0532. The molecule has 0 aliphatic carbocycles. The minimum Gasteiger partial charge on any atom is -0.342 e. The minimum absolute atomic E-state index is 0.0532. The number of H-pyrrole nitrogens is 2. The monoisotopic (exact) mass is 215 g/mol. The zero-order valence-electron chi connectivity index (χ0n) is 8.29. The first kappa shape index (κ1) is 10.0. The molecule has 3 rings (SSSR count). The molecule has 3 aromatic heterocycles. The van der Waals surface area contributed by atoms with Crippen molar-refractivity contribution in [3.8, 4) is 0 Å². The Labute approximate surface area is 90.4 Å². The Hall–Kier alpha value is -2.50. The number of rotatable bonds is 0. The SMILES string of the molecule is O=c1cccc[nH]1.c1ncc2[nH]cnc2n1. The summed E-state index contributed by atoms with van der Waals surface area (Å²) in [4.78, 5) is 27.2. The molecule has 16 heavy (non-hydrogen) atoms. The third kappa shape index (κ3) is 2.50. The van der Waals surface area contributed by atoms with Gasteiger partial charge < -0.3 is 9.97 Å². The predicted octanol–water partition coefficient (Wildman–Crippen LogP) is 0.728. The van der Waals surface area contributed by atoms with E-state index in [1.54, 1.807) is 30.9 Å². The lowest BCUT2D eigenvalue weighted by Crippen LogP contribution is -1.98. The Balaban J connectivity index is 0.000000125. The van der Waals surface area contributed by atoms with Crippen LogP contribution in [0, 0.1) is 0 Å². The van der Waals surface area contributed by atoms with Gasteiger partial charge in [-0.1, -0.05) is 6.07 Å². The molecule has 0 aromatic carbocycles. The number of pyridine rings is 1. The smallest absolute Gasteiger partial charge is 0.247 e. The van der Waals surface area contributed by atoms with Crippen molar-refractivity contribution in [1.29, 1.82) is 0 Å². The van der Waals surface area contributed by atoms with Crippen molar-refractivity contribution in [2.45, 2.75) is 0 Å². The van der Waals surface area contributed by atoms with E-state index < -0.39 is 0 Å². The first-order valence-electron chi connectivity index (χ1n) is 4.59. The lowest BCUT2D eigenvalue weighted by molar-refractivity contribution is 1.20. The summed E-state index contributed by atoms with van der Waals surface area (Å²) in [6.45, 7) is 0. The maximum absolute atomic E-state index is 10.2. The molecule has 0 saturated heterocycles. The standard InChI is InChI=1S/C5H4N4.C5H5NO/c1-4-5(8-2-6-1)9-3-7-4;7-5-3-1-2-4-6-5/h1-3H,(H,6,7,8,9);1-4H,(H,6,7). The summed E-state index contributed by atoms with van der Waals surface area (Å²) in [5.74, 6) is 0. The number of hydrogen-bond donors (Lipinski definition) is 2. The first-order chi connectivity index (χ1) is 7.86. The number of hydrogen-bond acceptors (Lipinski definition) is 4. The number of nitrogens with zero attached hydrogens (tertiary/aromatic N) is 3. The van der Waals surface area contributed by atoms with Crippen LogP contribution in [-0.2, 0) is 0 Å². The number of fused-ring (bicyclic) bond motifs is 1. The molecule has 0 radical (unpaired) electrons. The van der Waals surface area contributed by atoms with Crippen molar-refractivity contribution in [2.75, 3.05) is 0 Å². The molecule has 0 spiro atoms. The summed E-state index contributed by atoms with van der Waals surface area (Å²) >= 11 is 0. The van der Waals surface area contributed by atoms with Crippen LogP contribution < -0.4 is 5.56 Å². The van der Waals surface area contributed by atoms with Gasteiger partial charge in [0.05, 0.1) is 12.5 Å². The van der Waals surface area contributed by atoms with Crippen LogP contribution in [0.3, 0.4) is 0 Å². The number of nitrogens with one attached hydrogen (secondary N) is 2. The molecule has 0 aliphatic heterocycles. The van der Waals surface area contributed by atoms with E-state index in [1.807, 2.05) is 0 Å². The Kier molecular flexibility index (Phi) is 3.03. The molecule has 80 valence electrons. The molecule has 3 aromatic rings. The summed E-state index contributed by atoms with van der Waals surface area (Å²) < 4.78 is 0. The van der Waals surface area contributed by atoms with Gasteiger partial charge in [0.2, 0.25) is 5.56 Å². The Morgan fingerprint density at radius 3 is 2.69 bits per heavy atom. The van der Waals surface area contributed by atoms with Gasteiger partial charge in [0.1, 0.15) is 11.8 Å². The van der Waals surface area contributed by atoms with Crippen molar-refractivity contribution >= 4 is 11.2 Å². The maximum atomic E-state index is 10.2. The van der Waals surface area contributed by atoms with Gasteiger partial charge in [-0.2, -0.15) is 0 Å².